The minimum Gasteiger partial charge on any atom is -0.488 e. The monoisotopic (exact) mass is 340 g/mol. The van der Waals surface area contributed by atoms with Gasteiger partial charge in [0.1, 0.15) is 18.1 Å². The van der Waals surface area contributed by atoms with Crippen molar-refractivity contribution >= 4 is 17.0 Å². The van der Waals surface area contributed by atoms with Crippen LogP contribution in [0, 0.1) is 0 Å². The predicted octanol–water partition coefficient (Wildman–Crippen LogP) is 1.27. The number of anilines is 1. The highest BCUT2D eigenvalue weighted by Gasteiger charge is 2.19. The molecule has 0 aromatic carbocycles. The highest BCUT2D eigenvalue weighted by molar-refractivity contribution is 5.83. The standard InChI is InChI=1S/C16H16N6O3/c17-13-12-14-21-15(20-13)25-8-3-1-2-7-24-11-5-4-6-18-10(11)9-22(14)16(23)19-12/h1-2,4-6H,3,7-9H2,(H,19,23)(H2,17,20,21)/b2-1-. The van der Waals surface area contributed by atoms with Crippen LogP contribution >= 0.6 is 0 Å². The molecule has 3 aromatic heterocycles. The molecular formula is C16H16N6O3. The fourth-order valence-corrected chi connectivity index (χ4v) is 2.56. The largest absolute Gasteiger partial charge is 0.488 e. The van der Waals surface area contributed by atoms with Gasteiger partial charge in [-0.15, -0.1) is 0 Å². The molecule has 4 rings (SSSR count). The molecule has 0 amide bonds. The van der Waals surface area contributed by atoms with Crippen LogP contribution in [0.5, 0.6) is 17.8 Å². The summed E-state index contributed by atoms with van der Waals surface area (Å²) in [6.07, 6.45) is 6.20. The third-order valence-electron chi connectivity index (χ3n) is 3.75. The van der Waals surface area contributed by atoms with E-state index >= 15 is 0 Å². The molecule has 0 aliphatic carbocycles. The summed E-state index contributed by atoms with van der Waals surface area (Å²) in [4.78, 5) is 16.8. The summed E-state index contributed by atoms with van der Waals surface area (Å²) in [6.45, 7) is 1.04. The zero-order valence-electron chi connectivity index (χ0n) is 13.3. The summed E-state index contributed by atoms with van der Waals surface area (Å²) in [5, 5.41) is 10.2. The maximum atomic E-state index is 10.2. The number of hydrogen-bond donors (Lipinski definition) is 2. The molecule has 0 spiro atoms. The summed E-state index contributed by atoms with van der Waals surface area (Å²) >= 11 is 0. The second kappa shape index (κ2) is 6.27. The van der Waals surface area contributed by atoms with E-state index in [4.69, 9.17) is 15.2 Å². The molecule has 1 aliphatic heterocycles. The van der Waals surface area contributed by atoms with Crippen LogP contribution in [0.1, 0.15) is 12.1 Å². The van der Waals surface area contributed by atoms with E-state index in [0.717, 1.165) is 0 Å². The molecule has 0 fully saturated rings. The Hall–Kier alpha value is -3.36. The van der Waals surface area contributed by atoms with Crippen LogP contribution in [0.15, 0.2) is 30.5 Å². The summed E-state index contributed by atoms with van der Waals surface area (Å²) in [5.41, 5.74) is 7.27. The quantitative estimate of drug-likeness (QED) is 0.587. The number of pyridine rings is 1. The number of aromatic nitrogens is 5. The normalized spacial score (nSPS) is 15.8. The van der Waals surface area contributed by atoms with E-state index in [1.54, 1.807) is 12.3 Å². The lowest BCUT2D eigenvalue weighted by Gasteiger charge is -2.11. The average molecular weight is 340 g/mol. The van der Waals surface area contributed by atoms with E-state index in [1.165, 1.54) is 4.57 Å². The molecule has 0 radical (unpaired) electrons. The highest BCUT2D eigenvalue weighted by Crippen LogP contribution is 2.27. The van der Waals surface area contributed by atoms with E-state index < -0.39 is 0 Å². The molecule has 3 N–H and O–H groups in total. The van der Waals surface area contributed by atoms with Crippen LogP contribution in [0.2, 0.25) is 0 Å². The first-order valence-electron chi connectivity index (χ1n) is 7.79. The molecule has 9 heteroatoms. The van der Waals surface area contributed by atoms with E-state index in [9.17, 15) is 5.11 Å². The summed E-state index contributed by atoms with van der Waals surface area (Å²) < 4.78 is 12.8. The van der Waals surface area contributed by atoms with Crippen LogP contribution in [0.4, 0.5) is 5.82 Å². The number of imidazole rings is 1. The minimum absolute atomic E-state index is 0.147. The Morgan fingerprint density at radius 2 is 2.08 bits per heavy atom. The zero-order chi connectivity index (χ0) is 17.2. The van der Waals surface area contributed by atoms with Gasteiger partial charge in [0.05, 0.1) is 13.2 Å². The van der Waals surface area contributed by atoms with Crippen molar-refractivity contribution < 1.29 is 14.6 Å². The Kier molecular flexibility index (Phi) is 3.81. The number of nitrogen functional groups attached to an aromatic ring is 1. The Morgan fingerprint density at radius 1 is 1.16 bits per heavy atom. The van der Waals surface area contributed by atoms with Gasteiger partial charge in [0, 0.05) is 6.20 Å². The molecule has 0 saturated heterocycles. The molecule has 2 bridgehead atoms. The summed E-state index contributed by atoms with van der Waals surface area (Å²) in [6, 6.07) is 3.55. The summed E-state index contributed by atoms with van der Waals surface area (Å²) in [7, 11) is 0. The Balaban J connectivity index is 1.86. The van der Waals surface area contributed by atoms with Crippen molar-refractivity contribution in [2.45, 2.75) is 13.0 Å². The van der Waals surface area contributed by atoms with Crippen molar-refractivity contribution in [1.29, 1.82) is 0 Å². The van der Waals surface area contributed by atoms with Crippen molar-refractivity contribution in [3.63, 3.8) is 0 Å². The molecule has 0 atom stereocenters. The minimum atomic E-state index is -0.225. The van der Waals surface area contributed by atoms with Gasteiger partial charge in [0.25, 0.3) is 6.01 Å². The van der Waals surface area contributed by atoms with Gasteiger partial charge >= 0.3 is 6.01 Å². The third-order valence-corrected chi connectivity index (χ3v) is 3.75. The molecule has 25 heavy (non-hydrogen) atoms. The molecular weight excluding hydrogens is 324 g/mol. The van der Waals surface area contributed by atoms with Gasteiger partial charge < -0.3 is 20.3 Å². The van der Waals surface area contributed by atoms with Gasteiger partial charge in [-0.05, 0) is 18.6 Å². The van der Waals surface area contributed by atoms with Gasteiger partial charge in [0.2, 0.25) is 0 Å². The Labute approximate surface area is 142 Å². The van der Waals surface area contributed by atoms with E-state index in [2.05, 4.69) is 19.9 Å². The first-order chi connectivity index (χ1) is 12.2. The van der Waals surface area contributed by atoms with Crippen LogP contribution < -0.4 is 15.2 Å². The van der Waals surface area contributed by atoms with Gasteiger partial charge in [0.15, 0.2) is 17.0 Å². The zero-order valence-corrected chi connectivity index (χ0v) is 13.3. The fourth-order valence-electron chi connectivity index (χ4n) is 2.56. The number of nitrogens with two attached hydrogens (primary N) is 1. The van der Waals surface area contributed by atoms with Crippen LogP contribution in [0.3, 0.4) is 0 Å². The number of rotatable bonds is 0. The second-order valence-electron chi connectivity index (χ2n) is 5.43. The topological polar surface area (TPSA) is 121 Å². The number of fused-ring (bicyclic) bond motifs is 2. The van der Waals surface area contributed by atoms with Gasteiger partial charge in [-0.3, -0.25) is 9.55 Å². The lowest BCUT2D eigenvalue weighted by atomic mass is 10.3. The number of nitrogens with zero attached hydrogens (tertiary/aromatic N) is 5. The van der Waals surface area contributed by atoms with Gasteiger partial charge in [-0.2, -0.15) is 15.0 Å². The van der Waals surface area contributed by atoms with Crippen LogP contribution in [-0.2, 0) is 6.54 Å². The lowest BCUT2D eigenvalue weighted by Crippen LogP contribution is -2.08. The van der Waals surface area contributed by atoms with E-state index in [0.29, 0.717) is 42.2 Å². The molecule has 1 aliphatic rings. The Morgan fingerprint density at radius 3 is 3.00 bits per heavy atom. The van der Waals surface area contributed by atoms with Gasteiger partial charge in [-0.25, -0.2) is 0 Å². The van der Waals surface area contributed by atoms with E-state index in [1.807, 2.05) is 18.2 Å². The number of ether oxygens (including phenoxy) is 2. The van der Waals surface area contributed by atoms with Crippen molar-refractivity contribution in [1.82, 2.24) is 24.5 Å². The van der Waals surface area contributed by atoms with Crippen molar-refractivity contribution in [2.75, 3.05) is 18.9 Å². The molecule has 0 saturated carbocycles. The maximum absolute atomic E-state index is 10.2. The summed E-state index contributed by atoms with van der Waals surface area (Å²) in [5.74, 6) is 0.776. The Bertz CT molecular complexity index is 952. The van der Waals surface area contributed by atoms with Crippen molar-refractivity contribution in [2.24, 2.45) is 0 Å². The van der Waals surface area contributed by atoms with E-state index in [-0.39, 0.29) is 24.4 Å². The molecule has 3 aromatic rings. The second-order valence-corrected chi connectivity index (χ2v) is 5.43. The van der Waals surface area contributed by atoms with Crippen LogP contribution in [0.25, 0.3) is 11.2 Å². The molecule has 128 valence electrons. The maximum Gasteiger partial charge on any atom is 0.320 e. The molecule has 0 unspecified atom stereocenters. The average Bonchev–Trinajstić information content (AvgIpc) is 2.92. The fraction of sp³-hybridized carbons (Fsp3) is 0.250. The van der Waals surface area contributed by atoms with Crippen molar-refractivity contribution in [3.05, 3.63) is 36.2 Å². The highest BCUT2D eigenvalue weighted by atomic mass is 16.5. The third kappa shape index (κ3) is 2.91. The first-order valence-corrected chi connectivity index (χ1v) is 7.79. The number of aromatic hydroxyl groups is 1. The van der Waals surface area contributed by atoms with Gasteiger partial charge in [-0.1, -0.05) is 12.2 Å². The lowest BCUT2D eigenvalue weighted by molar-refractivity contribution is 0.299. The first kappa shape index (κ1) is 15.2. The smallest absolute Gasteiger partial charge is 0.320 e. The van der Waals surface area contributed by atoms with Crippen molar-refractivity contribution in [3.8, 4) is 17.8 Å². The number of hydrogen-bond acceptors (Lipinski definition) is 8. The SMILES string of the molecule is Nc1nc2nc3c1nc(O)n3Cc1ncccc1OC/C=C\CCO2. The predicted molar refractivity (Wildman–Crippen MR) is 89.5 cm³/mol. The molecule has 4 heterocycles. The molecule has 9 nitrogen and oxygen atoms in total. The van der Waals surface area contributed by atoms with Crippen LogP contribution in [-0.4, -0.2) is 42.8 Å².